The van der Waals surface area contributed by atoms with Gasteiger partial charge in [0.25, 0.3) is 5.82 Å². The van der Waals surface area contributed by atoms with Crippen LogP contribution in [0.4, 0.5) is 5.69 Å². The second-order valence-electron chi connectivity index (χ2n) is 13.7. The van der Waals surface area contributed by atoms with E-state index in [4.69, 9.17) is 4.74 Å². The average molecular weight is 541 g/mol. The summed E-state index contributed by atoms with van der Waals surface area (Å²) >= 11 is 0. The van der Waals surface area contributed by atoms with E-state index in [0.29, 0.717) is 23.7 Å². The summed E-state index contributed by atoms with van der Waals surface area (Å²) in [6.07, 6.45) is 10.9. The summed E-state index contributed by atoms with van der Waals surface area (Å²) in [4.78, 5) is 16.9. The molecule has 0 radical (unpaired) electrons. The van der Waals surface area contributed by atoms with E-state index in [1.54, 1.807) is 0 Å². The molecule has 40 heavy (non-hydrogen) atoms. The van der Waals surface area contributed by atoms with Gasteiger partial charge in [-0.1, -0.05) is 39.3 Å². The maximum atomic E-state index is 14.3. The largest absolute Gasteiger partial charge is 0.459 e. The Morgan fingerprint density at radius 1 is 0.925 bits per heavy atom. The highest BCUT2D eigenvalue weighted by atomic mass is 16.5. The number of para-hydroxylation sites is 2. The van der Waals surface area contributed by atoms with E-state index in [9.17, 15) is 4.79 Å². The van der Waals surface area contributed by atoms with Gasteiger partial charge >= 0.3 is 5.97 Å². The van der Waals surface area contributed by atoms with Gasteiger partial charge in [0.1, 0.15) is 6.10 Å². The number of nitrogens with zero attached hydrogens (tertiary/aromatic N) is 3. The van der Waals surface area contributed by atoms with Crippen molar-refractivity contribution in [2.24, 2.45) is 30.7 Å². The molecule has 0 aliphatic heterocycles. The third kappa shape index (κ3) is 4.84. The third-order valence-corrected chi connectivity index (χ3v) is 10.2. The lowest BCUT2D eigenvalue weighted by Gasteiger charge is -2.37. The number of rotatable bonds is 9. The summed E-state index contributed by atoms with van der Waals surface area (Å²) in [6, 6.07) is 18.9. The monoisotopic (exact) mass is 540 g/mol. The first kappa shape index (κ1) is 26.1. The normalized spacial score (nSPS) is 25.8. The van der Waals surface area contributed by atoms with E-state index in [1.807, 2.05) is 0 Å². The highest BCUT2D eigenvalue weighted by Crippen LogP contribution is 2.46. The van der Waals surface area contributed by atoms with Crippen molar-refractivity contribution in [2.45, 2.75) is 103 Å². The van der Waals surface area contributed by atoms with E-state index in [0.717, 1.165) is 54.6 Å². The minimum absolute atomic E-state index is 0.0200. The summed E-state index contributed by atoms with van der Waals surface area (Å²) in [5.41, 5.74) is 4.79. The number of carbonyl (C=O) groups excluding carboxylic acids is 1. The summed E-state index contributed by atoms with van der Waals surface area (Å²) in [7, 11) is 2.15. The molecule has 212 valence electrons. The summed E-state index contributed by atoms with van der Waals surface area (Å²) in [5, 5.41) is 0. The first-order chi connectivity index (χ1) is 19.4. The number of hydrogen-bond donors (Lipinski definition) is 0. The van der Waals surface area contributed by atoms with Crippen LogP contribution in [0.3, 0.4) is 0 Å². The number of imidazole rings is 1. The maximum Gasteiger partial charge on any atom is 0.352 e. The highest BCUT2D eigenvalue weighted by Gasteiger charge is 2.47. The molecule has 5 heteroatoms. The molecule has 2 aromatic carbocycles. The smallest absolute Gasteiger partial charge is 0.352 e. The van der Waals surface area contributed by atoms with Crippen LogP contribution in [-0.4, -0.2) is 28.7 Å². The minimum Gasteiger partial charge on any atom is -0.459 e. The topological polar surface area (TPSA) is 38.4 Å². The first-order valence-corrected chi connectivity index (χ1v) is 16.0. The Morgan fingerprint density at radius 3 is 2.23 bits per heavy atom. The number of carbonyl (C=O) groups is 1. The molecule has 7 rings (SSSR count). The molecule has 4 aliphatic carbocycles. The Morgan fingerprint density at radius 2 is 1.60 bits per heavy atom. The fourth-order valence-electron chi connectivity index (χ4n) is 7.55. The van der Waals surface area contributed by atoms with Gasteiger partial charge in [0.15, 0.2) is 11.0 Å². The lowest BCUT2D eigenvalue weighted by atomic mass is 9.75. The van der Waals surface area contributed by atoms with E-state index in [1.165, 1.54) is 43.4 Å². The standard InChI is InChI=1S/C35H46N3O2/c1-22(2)29-20-9-23(3)21-32(29)40-35(39)33(24-10-11-24)38-31-8-6-5-7-30(31)36(4)34(38)25-12-14-26(15-13-25)37(27-16-17-27)28-18-19-28/h5-8,12-15,22-24,27-29,32-33H,9-11,16-21H2,1-4H3/q+1/t23-,29+,32-,33-/m1/s1. The SMILES string of the molecule is CC(C)[C@@H]1CC[C@@H](C)C[C@H]1OC(=O)[C@@H](C1CC1)n1c(-c2ccc(N(C3CC3)C3CC3)cc2)[n+](C)c2ccccc21. The Bertz CT molecular complexity index is 1370. The number of esters is 1. The number of ether oxygens (including phenoxy) is 1. The van der Waals surface area contributed by atoms with Crippen LogP contribution in [0, 0.1) is 23.7 Å². The molecule has 3 aromatic rings. The van der Waals surface area contributed by atoms with Crippen molar-refractivity contribution < 1.29 is 14.1 Å². The zero-order valence-corrected chi connectivity index (χ0v) is 24.8. The zero-order valence-electron chi connectivity index (χ0n) is 24.8. The van der Waals surface area contributed by atoms with Crippen LogP contribution >= 0.6 is 0 Å². The van der Waals surface area contributed by atoms with Crippen molar-refractivity contribution in [2.75, 3.05) is 4.90 Å². The molecule has 0 bridgehead atoms. The fourth-order valence-corrected chi connectivity index (χ4v) is 7.55. The van der Waals surface area contributed by atoms with Crippen molar-refractivity contribution in [1.29, 1.82) is 0 Å². The number of benzene rings is 2. The fraction of sp³-hybridized carbons (Fsp3) is 0.600. The number of hydrogen-bond acceptors (Lipinski definition) is 3. The van der Waals surface area contributed by atoms with Gasteiger partial charge in [-0.3, -0.25) is 0 Å². The van der Waals surface area contributed by atoms with Crippen molar-refractivity contribution in [3.63, 3.8) is 0 Å². The molecule has 4 aliphatic rings. The summed E-state index contributed by atoms with van der Waals surface area (Å²) < 4.78 is 11.2. The van der Waals surface area contributed by atoms with Gasteiger partial charge in [-0.25, -0.2) is 13.9 Å². The summed E-state index contributed by atoms with van der Waals surface area (Å²) in [6.45, 7) is 6.88. The Balaban J connectivity index is 1.27. The number of fused-ring (bicyclic) bond motifs is 1. The molecule has 0 amide bonds. The van der Waals surface area contributed by atoms with Crippen LogP contribution < -0.4 is 9.47 Å². The minimum atomic E-state index is -0.291. The Hall–Kier alpha value is -2.82. The Labute approximate surface area is 239 Å². The third-order valence-electron chi connectivity index (χ3n) is 10.2. The van der Waals surface area contributed by atoms with Crippen molar-refractivity contribution in [3.05, 3.63) is 48.5 Å². The van der Waals surface area contributed by atoms with Crippen molar-refractivity contribution >= 4 is 22.7 Å². The van der Waals surface area contributed by atoms with Crippen LogP contribution in [0.15, 0.2) is 48.5 Å². The van der Waals surface area contributed by atoms with Gasteiger partial charge in [-0.15, -0.1) is 0 Å². The van der Waals surface area contributed by atoms with Crippen LogP contribution in [-0.2, 0) is 16.6 Å². The predicted octanol–water partition coefficient (Wildman–Crippen LogP) is 7.22. The molecule has 4 atom stereocenters. The molecule has 0 spiro atoms. The molecule has 0 unspecified atom stereocenters. The molecule has 0 N–H and O–H groups in total. The van der Waals surface area contributed by atoms with Crippen molar-refractivity contribution in [1.82, 2.24) is 4.57 Å². The number of aromatic nitrogens is 2. The van der Waals surface area contributed by atoms with Gasteiger partial charge in [0.05, 0.1) is 12.6 Å². The van der Waals surface area contributed by atoms with E-state index in [2.05, 4.69) is 90.4 Å². The lowest BCUT2D eigenvalue weighted by molar-refractivity contribution is -0.634. The van der Waals surface area contributed by atoms with Gasteiger partial charge in [-0.05, 0) is 106 Å². The molecular weight excluding hydrogens is 494 g/mol. The van der Waals surface area contributed by atoms with E-state index < -0.39 is 0 Å². The van der Waals surface area contributed by atoms with E-state index in [-0.39, 0.29) is 18.1 Å². The molecule has 1 heterocycles. The molecule has 1 aromatic heterocycles. The Kier molecular flexibility index (Phi) is 6.67. The number of aryl methyl sites for hydroxylation is 1. The average Bonchev–Trinajstić information content (AvgIpc) is 3.78. The van der Waals surface area contributed by atoms with Gasteiger partial charge in [0.2, 0.25) is 6.04 Å². The molecule has 0 saturated heterocycles. The second kappa shape index (κ2) is 10.2. The van der Waals surface area contributed by atoms with Crippen LogP contribution in [0.25, 0.3) is 22.4 Å². The number of anilines is 1. The van der Waals surface area contributed by atoms with Crippen LogP contribution in [0.1, 0.15) is 84.6 Å². The van der Waals surface area contributed by atoms with Gasteiger partial charge in [-0.2, -0.15) is 0 Å². The highest BCUT2D eigenvalue weighted by molar-refractivity contribution is 5.83. The molecule has 4 fully saturated rings. The lowest BCUT2D eigenvalue weighted by Crippen LogP contribution is -2.39. The van der Waals surface area contributed by atoms with Gasteiger partial charge < -0.3 is 9.64 Å². The summed E-state index contributed by atoms with van der Waals surface area (Å²) in [5.74, 6) is 2.99. The van der Waals surface area contributed by atoms with Crippen LogP contribution in [0.5, 0.6) is 0 Å². The second-order valence-corrected chi connectivity index (χ2v) is 13.7. The molecule has 5 nitrogen and oxygen atoms in total. The van der Waals surface area contributed by atoms with Crippen LogP contribution in [0.2, 0.25) is 0 Å². The first-order valence-electron chi connectivity index (χ1n) is 16.0. The van der Waals surface area contributed by atoms with Gasteiger partial charge in [0, 0.05) is 23.7 Å². The van der Waals surface area contributed by atoms with E-state index >= 15 is 0 Å². The molecule has 4 saturated carbocycles. The quantitative estimate of drug-likeness (QED) is 0.212. The molecular formula is C35H46N3O2+. The maximum absolute atomic E-state index is 14.3. The van der Waals surface area contributed by atoms with Crippen molar-refractivity contribution in [3.8, 4) is 11.4 Å². The zero-order chi connectivity index (χ0) is 27.5. The predicted molar refractivity (Wildman–Crippen MR) is 160 cm³/mol.